The third-order valence-corrected chi connectivity index (χ3v) is 2.54. The van der Waals surface area contributed by atoms with Crippen molar-refractivity contribution in [3.63, 3.8) is 0 Å². The molecule has 1 aromatic heterocycles. The Balaban J connectivity index is 1.80. The van der Waals surface area contributed by atoms with Crippen molar-refractivity contribution >= 4 is 11.6 Å². The van der Waals surface area contributed by atoms with Gasteiger partial charge in [0.25, 0.3) is 0 Å². The van der Waals surface area contributed by atoms with Crippen LogP contribution >= 0.6 is 0 Å². The minimum absolute atomic E-state index is 0.0353. The molecule has 5 nitrogen and oxygen atoms in total. The maximum Gasteiger partial charge on any atom is 0.238 e. The molecule has 1 aliphatic rings. The Morgan fingerprint density at radius 3 is 2.75 bits per heavy atom. The first-order valence-electron chi connectivity index (χ1n) is 5.47. The summed E-state index contributed by atoms with van der Waals surface area (Å²) in [6, 6.07) is 3.57. The highest BCUT2D eigenvalue weighted by Gasteiger charge is 2.13. The summed E-state index contributed by atoms with van der Waals surface area (Å²) in [5.41, 5.74) is 0.801. The topological polar surface area (TPSA) is 57.3 Å². The standard InChI is InChI=1S/C11H16N4O/c16-11(9-15-7-5-13-6-8-15)14-10-1-3-12-4-2-10/h1-4,13H,5-9H2,(H,12,14,16). The summed E-state index contributed by atoms with van der Waals surface area (Å²) in [7, 11) is 0. The molecule has 0 spiro atoms. The van der Waals surface area contributed by atoms with Gasteiger partial charge in [-0.2, -0.15) is 0 Å². The number of carbonyl (C=O) groups excluding carboxylic acids is 1. The first-order valence-corrected chi connectivity index (χ1v) is 5.47. The SMILES string of the molecule is O=C(CN1CCNCC1)Nc1ccncc1. The molecule has 0 atom stereocenters. The second kappa shape index (κ2) is 5.58. The number of rotatable bonds is 3. The van der Waals surface area contributed by atoms with Gasteiger partial charge in [-0.3, -0.25) is 14.7 Å². The van der Waals surface area contributed by atoms with Gasteiger partial charge in [-0.05, 0) is 12.1 Å². The third-order valence-electron chi connectivity index (χ3n) is 2.54. The molecule has 0 saturated carbocycles. The van der Waals surface area contributed by atoms with Gasteiger partial charge in [0.1, 0.15) is 0 Å². The van der Waals surface area contributed by atoms with Crippen LogP contribution in [0.2, 0.25) is 0 Å². The average Bonchev–Trinajstić information content (AvgIpc) is 2.31. The Bertz CT molecular complexity index is 335. The summed E-state index contributed by atoms with van der Waals surface area (Å²) < 4.78 is 0. The number of nitrogens with one attached hydrogen (secondary N) is 2. The van der Waals surface area contributed by atoms with E-state index in [4.69, 9.17) is 0 Å². The van der Waals surface area contributed by atoms with Crippen molar-refractivity contribution < 1.29 is 4.79 Å². The van der Waals surface area contributed by atoms with Gasteiger partial charge in [-0.1, -0.05) is 0 Å². The van der Waals surface area contributed by atoms with E-state index in [-0.39, 0.29) is 5.91 Å². The van der Waals surface area contributed by atoms with Crippen LogP contribution in [0.15, 0.2) is 24.5 Å². The van der Waals surface area contributed by atoms with Gasteiger partial charge in [-0.15, -0.1) is 0 Å². The molecular formula is C11H16N4O. The molecule has 1 fully saturated rings. The van der Waals surface area contributed by atoms with Crippen LogP contribution in [-0.2, 0) is 4.79 Å². The van der Waals surface area contributed by atoms with Gasteiger partial charge < -0.3 is 10.6 Å². The van der Waals surface area contributed by atoms with E-state index in [1.807, 2.05) is 0 Å². The van der Waals surface area contributed by atoms with Crippen LogP contribution < -0.4 is 10.6 Å². The molecule has 0 bridgehead atoms. The predicted molar refractivity (Wildman–Crippen MR) is 62.2 cm³/mol. The van der Waals surface area contributed by atoms with Crippen molar-refractivity contribution in [3.8, 4) is 0 Å². The van der Waals surface area contributed by atoms with Crippen molar-refractivity contribution in [1.29, 1.82) is 0 Å². The lowest BCUT2D eigenvalue weighted by molar-refractivity contribution is -0.117. The molecule has 1 aromatic rings. The Kier molecular flexibility index (Phi) is 3.85. The largest absolute Gasteiger partial charge is 0.325 e. The van der Waals surface area contributed by atoms with Crippen molar-refractivity contribution in [2.24, 2.45) is 0 Å². The fraction of sp³-hybridized carbons (Fsp3) is 0.455. The number of anilines is 1. The normalized spacial score (nSPS) is 17.0. The van der Waals surface area contributed by atoms with E-state index in [9.17, 15) is 4.79 Å². The van der Waals surface area contributed by atoms with Crippen LogP contribution in [0.3, 0.4) is 0 Å². The number of hydrogen-bond donors (Lipinski definition) is 2. The monoisotopic (exact) mass is 220 g/mol. The molecule has 5 heteroatoms. The zero-order valence-corrected chi connectivity index (χ0v) is 9.15. The van der Waals surface area contributed by atoms with Crippen LogP contribution in [-0.4, -0.2) is 48.5 Å². The number of carbonyl (C=O) groups is 1. The molecule has 86 valence electrons. The van der Waals surface area contributed by atoms with E-state index in [2.05, 4.69) is 20.5 Å². The molecule has 16 heavy (non-hydrogen) atoms. The maximum absolute atomic E-state index is 11.7. The summed E-state index contributed by atoms with van der Waals surface area (Å²) in [5.74, 6) is 0.0353. The second-order valence-electron chi connectivity index (χ2n) is 3.81. The summed E-state index contributed by atoms with van der Waals surface area (Å²) in [6.45, 7) is 4.25. The van der Waals surface area contributed by atoms with Gasteiger partial charge in [0.2, 0.25) is 5.91 Å². The molecule has 2 heterocycles. The van der Waals surface area contributed by atoms with Crippen molar-refractivity contribution in [2.45, 2.75) is 0 Å². The molecular weight excluding hydrogens is 204 g/mol. The highest BCUT2D eigenvalue weighted by molar-refractivity contribution is 5.92. The molecule has 0 radical (unpaired) electrons. The minimum atomic E-state index is 0.0353. The zero-order valence-electron chi connectivity index (χ0n) is 9.15. The minimum Gasteiger partial charge on any atom is -0.325 e. The van der Waals surface area contributed by atoms with Crippen molar-refractivity contribution in [2.75, 3.05) is 38.0 Å². The van der Waals surface area contributed by atoms with Crippen LogP contribution in [0, 0.1) is 0 Å². The van der Waals surface area contributed by atoms with E-state index in [1.54, 1.807) is 24.5 Å². The van der Waals surface area contributed by atoms with E-state index in [1.165, 1.54) is 0 Å². The van der Waals surface area contributed by atoms with Gasteiger partial charge >= 0.3 is 0 Å². The lowest BCUT2D eigenvalue weighted by atomic mass is 10.3. The quantitative estimate of drug-likeness (QED) is 0.748. The van der Waals surface area contributed by atoms with Gasteiger partial charge in [-0.25, -0.2) is 0 Å². The van der Waals surface area contributed by atoms with E-state index < -0.39 is 0 Å². The molecule has 1 saturated heterocycles. The third kappa shape index (κ3) is 3.29. The molecule has 1 amide bonds. The van der Waals surface area contributed by atoms with Crippen molar-refractivity contribution in [1.82, 2.24) is 15.2 Å². The highest BCUT2D eigenvalue weighted by atomic mass is 16.2. The van der Waals surface area contributed by atoms with Crippen LogP contribution in [0.5, 0.6) is 0 Å². The lowest BCUT2D eigenvalue weighted by Gasteiger charge is -2.26. The summed E-state index contributed by atoms with van der Waals surface area (Å²) in [6.07, 6.45) is 3.33. The first kappa shape index (κ1) is 11.0. The summed E-state index contributed by atoms with van der Waals surface area (Å²) in [5, 5.41) is 6.10. The van der Waals surface area contributed by atoms with Gasteiger partial charge in [0, 0.05) is 44.3 Å². The van der Waals surface area contributed by atoms with E-state index in [0.29, 0.717) is 6.54 Å². The number of nitrogens with zero attached hydrogens (tertiary/aromatic N) is 2. The summed E-state index contributed by atoms with van der Waals surface area (Å²) >= 11 is 0. The number of piperazine rings is 1. The number of amides is 1. The number of pyridine rings is 1. The number of hydrogen-bond acceptors (Lipinski definition) is 4. The molecule has 0 aromatic carbocycles. The Morgan fingerprint density at radius 2 is 2.06 bits per heavy atom. The molecule has 2 N–H and O–H groups in total. The second-order valence-corrected chi connectivity index (χ2v) is 3.81. The fourth-order valence-corrected chi connectivity index (χ4v) is 1.71. The molecule has 1 aliphatic heterocycles. The van der Waals surface area contributed by atoms with Crippen LogP contribution in [0.25, 0.3) is 0 Å². The van der Waals surface area contributed by atoms with Crippen molar-refractivity contribution in [3.05, 3.63) is 24.5 Å². The Morgan fingerprint density at radius 1 is 1.38 bits per heavy atom. The first-order chi connectivity index (χ1) is 7.84. The lowest BCUT2D eigenvalue weighted by Crippen LogP contribution is -2.46. The highest BCUT2D eigenvalue weighted by Crippen LogP contribution is 2.03. The van der Waals surface area contributed by atoms with E-state index >= 15 is 0 Å². The zero-order chi connectivity index (χ0) is 11.2. The summed E-state index contributed by atoms with van der Waals surface area (Å²) in [4.78, 5) is 17.7. The molecule has 2 rings (SSSR count). The average molecular weight is 220 g/mol. The fourth-order valence-electron chi connectivity index (χ4n) is 1.71. The van der Waals surface area contributed by atoms with E-state index in [0.717, 1.165) is 31.9 Å². The maximum atomic E-state index is 11.7. The number of aromatic nitrogens is 1. The molecule has 0 aliphatic carbocycles. The van der Waals surface area contributed by atoms with Gasteiger partial charge in [0.15, 0.2) is 0 Å². The molecule has 0 unspecified atom stereocenters. The smallest absolute Gasteiger partial charge is 0.238 e. The van der Waals surface area contributed by atoms with Crippen LogP contribution in [0.4, 0.5) is 5.69 Å². The predicted octanol–water partition coefficient (Wildman–Crippen LogP) is -0.0747. The Hall–Kier alpha value is -1.46. The Labute approximate surface area is 94.9 Å². The van der Waals surface area contributed by atoms with Gasteiger partial charge in [0.05, 0.1) is 6.54 Å². The van der Waals surface area contributed by atoms with Crippen LogP contribution in [0.1, 0.15) is 0 Å².